The summed E-state index contributed by atoms with van der Waals surface area (Å²) in [5.41, 5.74) is 2.90. The quantitative estimate of drug-likeness (QED) is 0.900. The van der Waals surface area contributed by atoms with Gasteiger partial charge in [0.05, 0.1) is 20.3 Å². The van der Waals surface area contributed by atoms with E-state index in [2.05, 4.69) is 30.4 Å². The Balaban J connectivity index is 2.02. The SMILES string of the molecule is CCc1ccc(OC)c(C2(C3CCNC3)COC2)c1. The second-order valence-corrected chi connectivity index (χ2v) is 5.73. The number of aryl methyl sites for hydroxylation is 1. The Morgan fingerprint density at radius 3 is 2.79 bits per heavy atom. The summed E-state index contributed by atoms with van der Waals surface area (Å²) in [6.45, 7) is 6.10. The molecule has 3 nitrogen and oxygen atoms in total. The highest BCUT2D eigenvalue weighted by molar-refractivity contribution is 5.45. The summed E-state index contributed by atoms with van der Waals surface area (Å²) in [4.78, 5) is 0. The van der Waals surface area contributed by atoms with Gasteiger partial charge in [-0.05, 0) is 43.5 Å². The third-order valence-electron chi connectivity index (χ3n) is 4.77. The molecule has 19 heavy (non-hydrogen) atoms. The molecule has 2 heterocycles. The van der Waals surface area contributed by atoms with E-state index in [-0.39, 0.29) is 5.41 Å². The molecular weight excluding hydrogens is 238 g/mol. The van der Waals surface area contributed by atoms with Crippen LogP contribution in [0.25, 0.3) is 0 Å². The summed E-state index contributed by atoms with van der Waals surface area (Å²) < 4.78 is 11.2. The molecule has 1 aromatic carbocycles. The normalized spacial score (nSPS) is 25.1. The summed E-state index contributed by atoms with van der Waals surface area (Å²) in [5.74, 6) is 1.69. The Morgan fingerprint density at radius 1 is 1.42 bits per heavy atom. The highest BCUT2D eigenvalue weighted by Crippen LogP contribution is 2.46. The van der Waals surface area contributed by atoms with E-state index in [0.29, 0.717) is 5.92 Å². The maximum absolute atomic E-state index is 5.61. The molecule has 0 aliphatic carbocycles. The van der Waals surface area contributed by atoms with Crippen LogP contribution in [0, 0.1) is 5.92 Å². The van der Waals surface area contributed by atoms with Gasteiger partial charge in [0.1, 0.15) is 5.75 Å². The van der Waals surface area contributed by atoms with Crippen molar-refractivity contribution >= 4 is 0 Å². The van der Waals surface area contributed by atoms with Gasteiger partial charge in [0.15, 0.2) is 0 Å². The molecule has 1 aromatic rings. The first-order valence-corrected chi connectivity index (χ1v) is 7.26. The van der Waals surface area contributed by atoms with Crippen LogP contribution >= 0.6 is 0 Å². The van der Waals surface area contributed by atoms with Crippen LogP contribution in [-0.2, 0) is 16.6 Å². The second-order valence-electron chi connectivity index (χ2n) is 5.73. The minimum absolute atomic E-state index is 0.167. The summed E-state index contributed by atoms with van der Waals surface area (Å²) in [6, 6.07) is 6.62. The van der Waals surface area contributed by atoms with Crippen molar-refractivity contribution in [3.63, 3.8) is 0 Å². The Bertz CT molecular complexity index is 448. The molecule has 0 aromatic heterocycles. The monoisotopic (exact) mass is 261 g/mol. The van der Waals surface area contributed by atoms with E-state index in [1.54, 1.807) is 7.11 Å². The van der Waals surface area contributed by atoms with Gasteiger partial charge in [-0.25, -0.2) is 0 Å². The molecule has 0 bridgehead atoms. The molecule has 2 saturated heterocycles. The van der Waals surface area contributed by atoms with E-state index >= 15 is 0 Å². The zero-order valence-electron chi connectivity index (χ0n) is 11.9. The molecule has 104 valence electrons. The van der Waals surface area contributed by atoms with E-state index in [1.165, 1.54) is 17.5 Å². The molecule has 0 spiro atoms. The first kappa shape index (κ1) is 12.9. The van der Waals surface area contributed by atoms with Crippen LogP contribution in [0.5, 0.6) is 5.75 Å². The first-order chi connectivity index (χ1) is 9.30. The zero-order chi connectivity index (χ0) is 13.3. The van der Waals surface area contributed by atoms with E-state index < -0.39 is 0 Å². The maximum atomic E-state index is 5.61. The van der Waals surface area contributed by atoms with Gasteiger partial charge in [-0.1, -0.05) is 19.1 Å². The average molecular weight is 261 g/mol. The molecular formula is C16H23NO2. The van der Waals surface area contributed by atoms with Gasteiger partial charge in [-0.2, -0.15) is 0 Å². The van der Waals surface area contributed by atoms with Crippen molar-refractivity contribution in [3.8, 4) is 5.75 Å². The van der Waals surface area contributed by atoms with Crippen molar-refractivity contribution in [2.45, 2.75) is 25.2 Å². The predicted molar refractivity (Wildman–Crippen MR) is 75.8 cm³/mol. The van der Waals surface area contributed by atoms with Crippen LogP contribution in [0.1, 0.15) is 24.5 Å². The lowest BCUT2D eigenvalue weighted by Crippen LogP contribution is -2.53. The van der Waals surface area contributed by atoms with Crippen molar-refractivity contribution in [1.82, 2.24) is 5.32 Å². The van der Waals surface area contributed by atoms with Crippen LogP contribution in [-0.4, -0.2) is 33.4 Å². The van der Waals surface area contributed by atoms with Crippen molar-refractivity contribution < 1.29 is 9.47 Å². The molecule has 1 N–H and O–H groups in total. The van der Waals surface area contributed by atoms with Crippen LogP contribution in [0.2, 0.25) is 0 Å². The predicted octanol–water partition coefficient (Wildman–Crippen LogP) is 2.14. The van der Waals surface area contributed by atoms with E-state index in [0.717, 1.165) is 38.5 Å². The summed E-state index contributed by atoms with van der Waals surface area (Å²) in [6.07, 6.45) is 2.31. The number of benzene rings is 1. The Hall–Kier alpha value is -1.06. The smallest absolute Gasteiger partial charge is 0.122 e. The summed E-state index contributed by atoms with van der Waals surface area (Å²) >= 11 is 0. The number of rotatable bonds is 4. The standard InChI is InChI=1S/C16H23NO2/c1-3-12-4-5-15(18-2)14(8-12)16(10-19-11-16)13-6-7-17-9-13/h4-5,8,13,17H,3,6-7,9-11H2,1-2H3. The molecule has 2 fully saturated rings. The topological polar surface area (TPSA) is 30.5 Å². The number of nitrogens with one attached hydrogen (secondary N) is 1. The highest BCUT2D eigenvalue weighted by Gasteiger charge is 2.49. The Morgan fingerprint density at radius 2 is 2.26 bits per heavy atom. The number of ether oxygens (including phenoxy) is 2. The molecule has 2 aliphatic rings. The largest absolute Gasteiger partial charge is 0.496 e. The fourth-order valence-electron chi connectivity index (χ4n) is 3.42. The lowest BCUT2D eigenvalue weighted by molar-refractivity contribution is -0.0878. The minimum atomic E-state index is 0.167. The van der Waals surface area contributed by atoms with E-state index in [4.69, 9.17) is 9.47 Å². The maximum Gasteiger partial charge on any atom is 0.122 e. The van der Waals surface area contributed by atoms with Crippen molar-refractivity contribution in [2.75, 3.05) is 33.4 Å². The van der Waals surface area contributed by atoms with Crippen molar-refractivity contribution in [3.05, 3.63) is 29.3 Å². The molecule has 3 rings (SSSR count). The molecule has 0 radical (unpaired) electrons. The average Bonchev–Trinajstić information content (AvgIpc) is 2.91. The summed E-state index contributed by atoms with van der Waals surface area (Å²) in [5, 5.41) is 3.49. The van der Waals surface area contributed by atoms with E-state index in [9.17, 15) is 0 Å². The fourth-order valence-corrected chi connectivity index (χ4v) is 3.42. The molecule has 0 saturated carbocycles. The number of hydrogen-bond donors (Lipinski definition) is 1. The Kier molecular flexibility index (Phi) is 3.50. The van der Waals surface area contributed by atoms with Gasteiger partial charge >= 0.3 is 0 Å². The van der Waals surface area contributed by atoms with Gasteiger partial charge < -0.3 is 14.8 Å². The minimum Gasteiger partial charge on any atom is -0.496 e. The molecule has 2 aliphatic heterocycles. The van der Waals surface area contributed by atoms with Crippen LogP contribution in [0.4, 0.5) is 0 Å². The van der Waals surface area contributed by atoms with Gasteiger partial charge in [-0.3, -0.25) is 0 Å². The lowest BCUT2D eigenvalue weighted by Gasteiger charge is -2.47. The van der Waals surface area contributed by atoms with Crippen LogP contribution in [0.15, 0.2) is 18.2 Å². The summed E-state index contributed by atoms with van der Waals surface area (Å²) in [7, 11) is 1.77. The van der Waals surface area contributed by atoms with Crippen LogP contribution in [0.3, 0.4) is 0 Å². The van der Waals surface area contributed by atoms with Crippen molar-refractivity contribution in [1.29, 1.82) is 0 Å². The third-order valence-corrected chi connectivity index (χ3v) is 4.77. The molecule has 1 atom stereocenters. The Labute approximate surface area is 115 Å². The van der Waals surface area contributed by atoms with E-state index in [1.807, 2.05) is 0 Å². The van der Waals surface area contributed by atoms with Gasteiger partial charge in [0.2, 0.25) is 0 Å². The first-order valence-electron chi connectivity index (χ1n) is 7.26. The fraction of sp³-hybridized carbons (Fsp3) is 0.625. The van der Waals surface area contributed by atoms with Gasteiger partial charge in [-0.15, -0.1) is 0 Å². The van der Waals surface area contributed by atoms with Crippen LogP contribution < -0.4 is 10.1 Å². The molecule has 3 heteroatoms. The number of methoxy groups -OCH3 is 1. The zero-order valence-corrected chi connectivity index (χ0v) is 11.9. The molecule has 1 unspecified atom stereocenters. The second kappa shape index (κ2) is 5.14. The van der Waals surface area contributed by atoms with Gasteiger partial charge in [0, 0.05) is 11.0 Å². The number of hydrogen-bond acceptors (Lipinski definition) is 3. The lowest BCUT2D eigenvalue weighted by atomic mass is 9.67. The third kappa shape index (κ3) is 2.05. The molecule has 0 amide bonds. The van der Waals surface area contributed by atoms with Gasteiger partial charge in [0.25, 0.3) is 0 Å². The van der Waals surface area contributed by atoms with Crippen molar-refractivity contribution in [2.24, 2.45) is 5.92 Å². The highest BCUT2D eigenvalue weighted by atomic mass is 16.5.